The molecule has 6 nitrogen and oxygen atoms in total. The normalized spacial score (nSPS) is 10.8. The van der Waals surface area contributed by atoms with E-state index in [1.54, 1.807) is 24.3 Å². The van der Waals surface area contributed by atoms with Crippen LogP contribution in [0.3, 0.4) is 0 Å². The lowest BCUT2D eigenvalue weighted by molar-refractivity contribution is -0.116. The van der Waals surface area contributed by atoms with Crippen LogP contribution in [0, 0.1) is 6.92 Å². The number of benzene rings is 3. The smallest absolute Gasteiger partial charge is 0.252 e. The van der Waals surface area contributed by atoms with Gasteiger partial charge in [0.15, 0.2) is 0 Å². The predicted octanol–water partition coefficient (Wildman–Crippen LogP) is 5.00. The van der Waals surface area contributed by atoms with E-state index in [9.17, 15) is 9.59 Å². The van der Waals surface area contributed by atoms with Crippen LogP contribution in [-0.2, 0) is 17.8 Å². The molecule has 2 amide bonds. The molecule has 0 unspecified atom stereocenters. The average molecular weight is 461 g/mol. The minimum Gasteiger partial charge on any atom is -0.352 e. The summed E-state index contributed by atoms with van der Waals surface area (Å²) in [4.78, 5) is 29.9. The van der Waals surface area contributed by atoms with Gasteiger partial charge in [-0.3, -0.25) is 9.59 Å². The van der Waals surface area contributed by atoms with Gasteiger partial charge in [-0.1, -0.05) is 54.1 Å². The first kappa shape index (κ1) is 22.6. The van der Waals surface area contributed by atoms with Gasteiger partial charge >= 0.3 is 0 Å². The largest absolute Gasteiger partial charge is 0.352 e. The maximum atomic E-state index is 12.8. The Labute approximate surface area is 197 Å². The van der Waals surface area contributed by atoms with Crippen LogP contribution < -0.4 is 10.6 Å². The van der Waals surface area contributed by atoms with Gasteiger partial charge in [-0.05, 0) is 49.2 Å². The van der Waals surface area contributed by atoms with Crippen LogP contribution in [0.5, 0.6) is 0 Å². The standard InChI is InChI=1S/C26H25ClN4O2/c1-18-9-2-5-12-21(18)30-25(32)17-31-23-14-7-6-13-22(23)29-24(31)15-8-16-28-26(33)19-10-3-4-11-20(19)27/h2-7,9-14H,8,15-17H2,1H3,(H,28,33)(H,30,32). The summed E-state index contributed by atoms with van der Waals surface area (Å²) in [6.07, 6.45) is 1.30. The molecule has 0 aliphatic heterocycles. The van der Waals surface area contributed by atoms with Crippen molar-refractivity contribution in [3.05, 3.63) is 94.8 Å². The topological polar surface area (TPSA) is 76.0 Å². The number of imidazole rings is 1. The molecule has 0 atom stereocenters. The average Bonchev–Trinajstić information content (AvgIpc) is 3.15. The van der Waals surface area contributed by atoms with Gasteiger partial charge in [0.1, 0.15) is 12.4 Å². The van der Waals surface area contributed by atoms with Gasteiger partial charge in [0, 0.05) is 18.7 Å². The molecule has 1 aromatic heterocycles. The molecule has 0 spiro atoms. The van der Waals surface area contributed by atoms with Gasteiger partial charge in [0.25, 0.3) is 5.91 Å². The third kappa shape index (κ3) is 5.41. The molecule has 7 heteroatoms. The van der Waals surface area contributed by atoms with Crippen molar-refractivity contribution in [3.8, 4) is 0 Å². The van der Waals surface area contributed by atoms with Crippen LogP contribution in [0.1, 0.15) is 28.2 Å². The van der Waals surface area contributed by atoms with E-state index in [0.717, 1.165) is 28.1 Å². The maximum Gasteiger partial charge on any atom is 0.252 e. The van der Waals surface area contributed by atoms with Crippen LogP contribution >= 0.6 is 11.6 Å². The second-order valence-electron chi connectivity index (χ2n) is 7.81. The van der Waals surface area contributed by atoms with E-state index in [1.165, 1.54) is 0 Å². The predicted molar refractivity (Wildman–Crippen MR) is 132 cm³/mol. The zero-order chi connectivity index (χ0) is 23.2. The van der Waals surface area contributed by atoms with Crippen molar-refractivity contribution in [2.45, 2.75) is 26.3 Å². The first-order chi connectivity index (χ1) is 16.0. The first-order valence-electron chi connectivity index (χ1n) is 10.9. The summed E-state index contributed by atoms with van der Waals surface area (Å²) in [5.41, 5.74) is 4.02. The number of aryl methyl sites for hydroxylation is 2. The van der Waals surface area contributed by atoms with Crippen LogP contribution in [-0.4, -0.2) is 27.9 Å². The van der Waals surface area contributed by atoms with E-state index in [4.69, 9.17) is 16.6 Å². The van der Waals surface area contributed by atoms with Crippen LogP contribution in [0.4, 0.5) is 5.69 Å². The first-order valence-corrected chi connectivity index (χ1v) is 11.2. The second-order valence-corrected chi connectivity index (χ2v) is 8.21. The number of fused-ring (bicyclic) bond motifs is 1. The number of hydrogen-bond donors (Lipinski definition) is 2. The lowest BCUT2D eigenvalue weighted by atomic mass is 10.2. The molecule has 2 N–H and O–H groups in total. The van der Waals surface area contributed by atoms with Gasteiger partial charge in [-0.15, -0.1) is 0 Å². The number of carbonyl (C=O) groups is 2. The monoisotopic (exact) mass is 460 g/mol. The second kappa shape index (κ2) is 10.3. The fourth-order valence-corrected chi connectivity index (χ4v) is 3.95. The number of nitrogens with zero attached hydrogens (tertiary/aromatic N) is 2. The van der Waals surface area contributed by atoms with Crippen molar-refractivity contribution in [1.29, 1.82) is 0 Å². The van der Waals surface area contributed by atoms with Gasteiger partial charge < -0.3 is 15.2 Å². The van der Waals surface area contributed by atoms with Gasteiger partial charge in [-0.2, -0.15) is 0 Å². The Morgan fingerprint density at radius 1 is 0.970 bits per heavy atom. The minimum absolute atomic E-state index is 0.110. The van der Waals surface area contributed by atoms with Crippen molar-refractivity contribution < 1.29 is 9.59 Å². The number of hydrogen-bond acceptors (Lipinski definition) is 3. The summed E-state index contributed by atoms with van der Waals surface area (Å²) in [5.74, 6) is 0.496. The Bertz CT molecular complexity index is 1300. The number of rotatable bonds is 8. The highest BCUT2D eigenvalue weighted by Gasteiger charge is 2.15. The molecular formula is C26H25ClN4O2. The summed E-state index contributed by atoms with van der Waals surface area (Å²) >= 11 is 6.10. The van der Waals surface area contributed by atoms with E-state index in [0.29, 0.717) is 30.0 Å². The number of nitrogens with one attached hydrogen (secondary N) is 2. The SMILES string of the molecule is Cc1ccccc1NC(=O)Cn1c(CCCNC(=O)c2ccccc2Cl)nc2ccccc21. The Morgan fingerprint density at radius 2 is 1.70 bits per heavy atom. The molecule has 3 aromatic carbocycles. The summed E-state index contributed by atoms with van der Waals surface area (Å²) < 4.78 is 1.94. The van der Waals surface area contributed by atoms with E-state index in [1.807, 2.05) is 60.0 Å². The van der Waals surface area contributed by atoms with Crippen LogP contribution in [0.15, 0.2) is 72.8 Å². The Balaban J connectivity index is 1.43. The van der Waals surface area contributed by atoms with Gasteiger partial charge in [0.2, 0.25) is 5.91 Å². The number of aromatic nitrogens is 2. The van der Waals surface area contributed by atoms with E-state index in [-0.39, 0.29) is 18.4 Å². The maximum absolute atomic E-state index is 12.8. The van der Waals surface area contributed by atoms with E-state index >= 15 is 0 Å². The van der Waals surface area contributed by atoms with Crippen molar-refractivity contribution in [2.75, 3.05) is 11.9 Å². The van der Waals surface area contributed by atoms with Gasteiger partial charge in [0.05, 0.1) is 21.6 Å². The fraction of sp³-hybridized carbons (Fsp3) is 0.192. The Kier molecular flexibility index (Phi) is 7.05. The van der Waals surface area contributed by atoms with Crippen molar-refractivity contribution in [2.24, 2.45) is 0 Å². The molecule has 0 aliphatic carbocycles. The van der Waals surface area contributed by atoms with E-state index in [2.05, 4.69) is 10.6 Å². The zero-order valence-electron chi connectivity index (χ0n) is 18.3. The molecule has 168 valence electrons. The lowest BCUT2D eigenvalue weighted by Crippen LogP contribution is -2.25. The summed E-state index contributed by atoms with van der Waals surface area (Å²) in [6, 6.07) is 22.4. The molecule has 0 aliphatic rings. The molecule has 33 heavy (non-hydrogen) atoms. The highest BCUT2D eigenvalue weighted by molar-refractivity contribution is 6.33. The molecule has 4 rings (SSSR count). The minimum atomic E-state index is -0.202. The molecule has 1 heterocycles. The number of amides is 2. The molecular weight excluding hydrogens is 436 g/mol. The third-order valence-corrected chi connectivity index (χ3v) is 5.77. The quantitative estimate of drug-likeness (QED) is 0.363. The highest BCUT2D eigenvalue weighted by Crippen LogP contribution is 2.19. The van der Waals surface area contributed by atoms with Gasteiger partial charge in [-0.25, -0.2) is 4.98 Å². The van der Waals surface area contributed by atoms with Crippen molar-refractivity contribution >= 4 is 40.1 Å². The number of anilines is 1. The summed E-state index contributed by atoms with van der Waals surface area (Å²) in [7, 11) is 0. The molecule has 0 fully saturated rings. The van der Waals surface area contributed by atoms with Crippen LogP contribution in [0.2, 0.25) is 5.02 Å². The lowest BCUT2D eigenvalue weighted by Gasteiger charge is -2.12. The third-order valence-electron chi connectivity index (χ3n) is 5.44. The van der Waals surface area contributed by atoms with Crippen molar-refractivity contribution in [1.82, 2.24) is 14.9 Å². The fourth-order valence-electron chi connectivity index (χ4n) is 3.73. The summed E-state index contributed by atoms with van der Waals surface area (Å²) in [5, 5.41) is 6.32. The van der Waals surface area contributed by atoms with Crippen LogP contribution in [0.25, 0.3) is 11.0 Å². The molecule has 0 saturated heterocycles. The molecule has 0 bridgehead atoms. The Morgan fingerprint density at radius 3 is 2.52 bits per heavy atom. The number of para-hydroxylation sites is 3. The molecule has 4 aromatic rings. The molecule has 0 radical (unpaired) electrons. The zero-order valence-corrected chi connectivity index (χ0v) is 19.1. The Hall–Kier alpha value is -3.64. The van der Waals surface area contributed by atoms with Crippen molar-refractivity contribution in [3.63, 3.8) is 0 Å². The number of halogens is 1. The number of carbonyl (C=O) groups excluding carboxylic acids is 2. The summed E-state index contributed by atoms with van der Waals surface area (Å²) in [6.45, 7) is 2.60. The molecule has 0 saturated carbocycles. The van der Waals surface area contributed by atoms with E-state index < -0.39 is 0 Å². The highest BCUT2D eigenvalue weighted by atomic mass is 35.5.